The van der Waals surface area contributed by atoms with Crippen LogP contribution in [0.25, 0.3) is 0 Å². The number of ether oxygens (including phenoxy) is 1. The summed E-state index contributed by atoms with van der Waals surface area (Å²) in [4.78, 5) is 4.25. The van der Waals surface area contributed by atoms with Gasteiger partial charge in [0.05, 0.1) is 7.11 Å². The van der Waals surface area contributed by atoms with Crippen molar-refractivity contribution in [3.8, 4) is 5.75 Å². The van der Waals surface area contributed by atoms with Crippen LogP contribution in [0.1, 0.15) is 32.3 Å². The summed E-state index contributed by atoms with van der Waals surface area (Å²) >= 11 is 0. The van der Waals surface area contributed by atoms with Crippen LogP contribution in [0.15, 0.2) is 29.3 Å². The molecule has 0 bridgehead atoms. The van der Waals surface area contributed by atoms with E-state index < -0.39 is 0 Å². The highest BCUT2D eigenvalue weighted by molar-refractivity contribution is 14.0. The van der Waals surface area contributed by atoms with Gasteiger partial charge in [0.2, 0.25) is 0 Å². The predicted molar refractivity (Wildman–Crippen MR) is 101 cm³/mol. The Bertz CT molecular complexity index is 402. The van der Waals surface area contributed by atoms with Gasteiger partial charge in [-0.05, 0) is 23.6 Å². The van der Waals surface area contributed by atoms with Crippen molar-refractivity contribution >= 4 is 29.9 Å². The van der Waals surface area contributed by atoms with Crippen LogP contribution in [-0.2, 0) is 6.54 Å². The first-order valence-corrected chi connectivity index (χ1v) is 7.30. The van der Waals surface area contributed by atoms with Gasteiger partial charge < -0.3 is 15.4 Å². The van der Waals surface area contributed by atoms with Crippen LogP contribution in [0.2, 0.25) is 0 Å². The molecule has 2 N–H and O–H groups in total. The fourth-order valence-electron chi connectivity index (χ4n) is 1.97. The van der Waals surface area contributed by atoms with Crippen LogP contribution in [0.3, 0.4) is 0 Å². The first-order chi connectivity index (χ1) is 9.73. The maximum atomic E-state index is 5.15. The zero-order valence-electron chi connectivity index (χ0n) is 13.5. The minimum atomic E-state index is 0. The van der Waals surface area contributed by atoms with E-state index in [0.29, 0.717) is 5.92 Å². The third-order valence-electron chi connectivity index (χ3n) is 3.56. The van der Waals surface area contributed by atoms with Crippen molar-refractivity contribution in [2.24, 2.45) is 10.9 Å². The van der Waals surface area contributed by atoms with Gasteiger partial charge in [0.25, 0.3) is 0 Å². The molecular weight excluding hydrogens is 377 g/mol. The Morgan fingerprint density at radius 2 is 1.76 bits per heavy atom. The van der Waals surface area contributed by atoms with Crippen molar-refractivity contribution in [2.45, 2.75) is 33.2 Å². The van der Waals surface area contributed by atoms with E-state index in [1.165, 1.54) is 18.4 Å². The highest BCUT2D eigenvalue weighted by Crippen LogP contribution is 2.10. The molecule has 0 radical (unpaired) electrons. The molecule has 21 heavy (non-hydrogen) atoms. The monoisotopic (exact) mass is 405 g/mol. The maximum Gasteiger partial charge on any atom is 0.191 e. The summed E-state index contributed by atoms with van der Waals surface area (Å²) in [7, 11) is 3.48. The van der Waals surface area contributed by atoms with E-state index in [9.17, 15) is 0 Å². The Hall–Kier alpha value is -0.980. The summed E-state index contributed by atoms with van der Waals surface area (Å²) in [6.45, 7) is 6.18. The Morgan fingerprint density at radius 3 is 2.24 bits per heavy atom. The third kappa shape index (κ3) is 7.55. The van der Waals surface area contributed by atoms with Crippen molar-refractivity contribution in [2.75, 3.05) is 20.7 Å². The van der Waals surface area contributed by atoms with Gasteiger partial charge >= 0.3 is 0 Å². The molecule has 1 rings (SSSR count). The molecule has 0 saturated carbocycles. The smallest absolute Gasteiger partial charge is 0.191 e. The molecule has 1 aromatic rings. The lowest BCUT2D eigenvalue weighted by molar-refractivity contribution is 0.414. The van der Waals surface area contributed by atoms with Gasteiger partial charge in [0.15, 0.2) is 5.96 Å². The van der Waals surface area contributed by atoms with E-state index in [4.69, 9.17) is 4.74 Å². The van der Waals surface area contributed by atoms with Crippen molar-refractivity contribution in [1.82, 2.24) is 10.6 Å². The minimum Gasteiger partial charge on any atom is -0.497 e. The van der Waals surface area contributed by atoms with Crippen LogP contribution in [0.5, 0.6) is 5.75 Å². The number of aliphatic imine (C=N–C) groups is 1. The predicted octanol–water partition coefficient (Wildman–Crippen LogP) is 3.41. The molecule has 5 heteroatoms. The molecule has 0 unspecified atom stereocenters. The van der Waals surface area contributed by atoms with E-state index >= 15 is 0 Å². The van der Waals surface area contributed by atoms with Crippen LogP contribution >= 0.6 is 24.0 Å². The summed E-state index contributed by atoms with van der Waals surface area (Å²) in [6.07, 6.45) is 2.39. The second kappa shape index (κ2) is 11.7. The Morgan fingerprint density at radius 1 is 1.14 bits per heavy atom. The fourth-order valence-corrected chi connectivity index (χ4v) is 1.97. The lowest BCUT2D eigenvalue weighted by Crippen LogP contribution is -2.39. The van der Waals surface area contributed by atoms with Gasteiger partial charge in [-0.15, -0.1) is 24.0 Å². The Kier molecular flexibility index (Phi) is 11.1. The average Bonchev–Trinajstić information content (AvgIpc) is 2.51. The summed E-state index contributed by atoms with van der Waals surface area (Å²) in [5.74, 6) is 2.44. The maximum absolute atomic E-state index is 5.15. The molecule has 0 atom stereocenters. The summed E-state index contributed by atoms with van der Waals surface area (Å²) in [5, 5.41) is 6.70. The van der Waals surface area contributed by atoms with Gasteiger partial charge in [-0.1, -0.05) is 38.8 Å². The van der Waals surface area contributed by atoms with Crippen LogP contribution in [0.4, 0.5) is 0 Å². The number of halogens is 1. The van der Waals surface area contributed by atoms with Crippen LogP contribution in [-0.4, -0.2) is 26.7 Å². The summed E-state index contributed by atoms with van der Waals surface area (Å²) in [5.41, 5.74) is 1.20. The highest BCUT2D eigenvalue weighted by Gasteiger charge is 2.04. The number of nitrogens with zero attached hydrogens (tertiary/aromatic N) is 1. The Balaban J connectivity index is 0.00000400. The first-order valence-electron chi connectivity index (χ1n) is 7.30. The molecule has 1 aromatic carbocycles. The van der Waals surface area contributed by atoms with Crippen molar-refractivity contribution < 1.29 is 4.74 Å². The zero-order chi connectivity index (χ0) is 14.8. The van der Waals surface area contributed by atoms with Crippen molar-refractivity contribution in [3.05, 3.63) is 29.8 Å². The zero-order valence-corrected chi connectivity index (χ0v) is 15.8. The van der Waals surface area contributed by atoms with E-state index in [0.717, 1.165) is 24.8 Å². The topological polar surface area (TPSA) is 45.7 Å². The normalized spacial score (nSPS) is 11.0. The third-order valence-corrected chi connectivity index (χ3v) is 3.56. The van der Waals surface area contributed by atoms with Gasteiger partial charge in [0, 0.05) is 20.1 Å². The van der Waals surface area contributed by atoms with Crippen LogP contribution < -0.4 is 15.4 Å². The lowest BCUT2D eigenvalue weighted by atomic mass is 10.0. The largest absolute Gasteiger partial charge is 0.497 e. The van der Waals surface area contributed by atoms with E-state index in [1.54, 1.807) is 14.2 Å². The van der Waals surface area contributed by atoms with E-state index in [1.807, 2.05) is 12.1 Å². The molecule has 0 amide bonds. The molecule has 0 heterocycles. The number of hydrogen-bond donors (Lipinski definition) is 2. The molecular formula is C16H28IN3O. The Labute approximate surface area is 145 Å². The number of guanidine groups is 1. The minimum absolute atomic E-state index is 0. The molecule has 0 spiro atoms. The van der Waals surface area contributed by atoms with Gasteiger partial charge in [-0.25, -0.2) is 0 Å². The number of methoxy groups -OCH3 is 1. The molecule has 4 nitrogen and oxygen atoms in total. The molecule has 0 fully saturated rings. The van der Waals surface area contributed by atoms with Crippen molar-refractivity contribution in [1.29, 1.82) is 0 Å². The highest BCUT2D eigenvalue weighted by atomic mass is 127. The molecule has 0 aliphatic heterocycles. The van der Waals surface area contributed by atoms with Gasteiger partial charge in [0.1, 0.15) is 5.75 Å². The quantitative estimate of drug-likeness (QED) is 0.415. The first kappa shape index (κ1) is 20.0. The molecule has 0 saturated heterocycles. The number of benzene rings is 1. The average molecular weight is 405 g/mol. The fraction of sp³-hybridized carbons (Fsp3) is 0.562. The number of rotatable bonds is 7. The summed E-state index contributed by atoms with van der Waals surface area (Å²) < 4.78 is 5.15. The van der Waals surface area contributed by atoms with Gasteiger partial charge in [-0.2, -0.15) is 0 Å². The van der Waals surface area contributed by atoms with Crippen LogP contribution in [0, 0.1) is 5.92 Å². The summed E-state index contributed by atoms with van der Waals surface area (Å²) in [6, 6.07) is 8.05. The molecule has 120 valence electrons. The van der Waals surface area contributed by atoms with E-state index in [2.05, 4.69) is 41.6 Å². The lowest BCUT2D eigenvalue weighted by Gasteiger charge is -2.16. The number of hydrogen-bond acceptors (Lipinski definition) is 2. The van der Waals surface area contributed by atoms with Crippen molar-refractivity contribution in [3.63, 3.8) is 0 Å². The number of nitrogens with one attached hydrogen (secondary N) is 2. The molecule has 0 aromatic heterocycles. The molecule has 0 aliphatic rings. The second-order valence-electron chi connectivity index (χ2n) is 4.84. The SMILES string of the molecule is CCC(CC)CNC(=NC)NCc1ccc(OC)cc1.I. The second-order valence-corrected chi connectivity index (χ2v) is 4.84. The van der Waals surface area contributed by atoms with E-state index in [-0.39, 0.29) is 24.0 Å². The standard InChI is InChI=1S/C16H27N3O.HI/c1-5-13(6-2)11-18-16(17-3)19-12-14-7-9-15(20-4)10-8-14;/h7-10,13H,5-6,11-12H2,1-4H3,(H2,17,18,19);1H. The van der Waals surface area contributed by atoms with Gasteiger partial charge in [-0.3, -0.25) is 4.99 Å². The molecule has 0 aliphatic carbocycles.